The second kappa shape index (κ2) is 4.26. The summed E-state index contributed by atoms with van der Waals surface area (Å²) in [7, 11) is 0. The van der Waals surface area contributed by atoms with Gasteiger partial charge in [0.25, 0.3) is 0 Å². The van der Waals surface area contributed by atoms with E-state index in [1.807, 2.05) is 12.1 Å². The molecule has 15 heavy (non-hydrogen) atoms. The van der Waals surface area contributed by atoms with Gasteiger partial charge in [-0.05, 0) is 42.2 Å². The Bertz CT molecular complexity index is 332. The van der Waals surface area contributed by atoms with Crippen LogP contribution in [0.2, 0.25) is 0 Å². The fourth-order valence-corrected chi connectivity index (χ4v) is 2.98. The van der Waals surface area contributed by atoms with Gasteiger partial charge >= 0.3 is 0 Å². The molecule has 1 aromatic carbocycles. The molecular formula is C14H21N. The van der Waals surface area contributed by atoms with Gasteiger partial charge in [0.05, 0.1) is 0 Å². The van der Waals surface area contributed by atoms with Crippen molar-refractivity contribution in [3.05, 3.63) is 29.8 Å². The molecule has 1 aromatic rings. The number of hydrogen-bond acceptors (Lipinski definition) is 1. The Balaban J connectivity index is 2.20. The van der Waals surface area contributed by atoms with Gasteiger partial charge in [-0.2, -0.15) is 0 Å². The molecule has 3 atom stereocenters. The van der Waals surface area contributed by atoms with Crippen LogP contribution in [0.15, 0.2) is 24.3 Å². The van der Waals surface area contributed by atoms with E-state index in [0.717, 1.165) is 17.5 Å². The molecule has 0 radical (unpaired) electrons. The van der Waals surface area contributed by atoms with Crippen LogP contribution in [0.1, 0.15) is 44.6 Å². The molecule has 2 rings (SSSR count). The largest absolute Gasteiger partial charge is 0.398 e. The molecule has 82 valence electrons. The maximum absolute atomic E-state index is 6.05. The number of para-hydroxylation sites is 1. The summed E-state index contributed by atoms with van der Waals surface area (Å²) in [6, 6.07) is 8.36. The Hall–Kier alpha value is -0.980. The first-order chi connectivity index (χ1) is 7.18. The third-order valence-corrected chi connectivity index (χ3v) is 3.83. The second-order valence-corrected chi connectivity index (χ2v) is 5.13. The number of hydrogen-bond donors (Lipinski definition) is 1. The molecule has 2 N–H and O–H groups in total. The van der Waals surface area contributed by atoms with Crippen molar-refractivity contribution in [3.63, 3.8) is 0 Å². The molecule has 1 saturated carbocycles. The lowest BCUT2D eigenvalue weighted by Gasteiger charge is -2.33. The molecule has 1 aliphatic carbocycles. The van der Waals surface area contributed by atoms with Crippen molar-refractivity contribution in [2.24, 2.45) is 11.8 Å². The smallest absolute Gasteiger partial charge is 0.0349 e. The van der Waals surface area contributed by atoms with E-state index in [1.165, 1.54) is 24.8 Å². The Morgan fingerprint density at radius 1 is 1.13 bits per heavy atom. The Labute approximate surface area is 92.7 Å². The first-order valence-corrected chi connectivity index (χ1v) is 6.03. The fraction of sp³-hybridized carbons (Fsp3) is 0.571. The second-order valence-electron chi connectivity index (χ2n) is 5.13. The number of nitrogens with two attached hydrogens (primary N) is 1. The Morgan fingerprint density at radius 2 is 1.87 bits per heavy atom. The predicted octanol–water partition coefficient (Wildman–Crippen LogP) is 3.81. The molecule has 1 heteroatoms. The summed E-state index contributed by atoms with van der Waals surface area (Å²) >= 11 is 0. The average Bonchev–Trinajstić information content (AvgIpc) is 2.20. The van der Waals surface area contributed by atoms with Crippen molar-refractivity contribution in [1.29, 1.82) is 0 Å². The van der Waals surface area contributed by atoms with Crippen LogP contribution in [-0.2, 0) is 0 Å². The van der Waals surface area contributed by atoms with E-state index in [2.05, 4.69) is 26.0 Å². The highest BCUT2D eigenvalue weighted by Gasteiger charge is 2.27. The zero-order valence-electron chi connectivity index (χ0n) is 9.74. The van der Waals surface area contributed by atoms with Gasteiger partial charge in [0, 0.05) is 5.69 Å². The third kappa shape index (κ3) is 2.17. The van der Waals surface area contributed by atoms with Gasteiger partial charge in [0.15, 0.2) is 0 Å². The lowest BCUT2D eigenvalue weighted by atomic mass is 9.72. The summed E-state index contributed by atoms with van der Waals surface area (Å²) in [5.41, 5.74) is 8.40. The molecule has 1 fully saturated rings. The Morgan fingerprint density at radius 3 is 2.53 bits per heavy atom. The van der Waals surface area contributed by atoms with Crippen molar-refractivity contribution < 1.29 is 0 Å². The average molecular weight is 203 g/mol. The van der Waals surface area contributed by atoms with Gasteiger partial charge in [-0.15, -0.1) is 0 Å². The molecule has 0 aromatic heterocycles. The van der Waals surface area contributed by atoms with Crippen molar-refractivity contribution in [2.45, 2.75) is 39.0 Å². The van der Waals surface area contributed by atoms with Crippen LogP contribution in [0.4, 0.5) is 5.69 Å². The van der Waals surface area contributed by atoms with Crippen LogP contribution >= 0.6 is 0 Å². The minimum Gasteiger partial charge on any atom is -0.398 e. The molecule has 0 amide bonds. The van der Waals surface area contributed by atoms with Crippen molar-refractivity contribution in [2.75, 3.05) is 5.73 Å². The Kier molecular flexibility index (Phi) is 2.99. The van der Waals surface area contributed by atoms with Gasteiger partial charge in [-0.1, -0.05) is 38.5 Å². The monoisotopic (exact) mass is 203 g/mol. The predicted molar refractivity (Wildman–Crippen MR) is 65.8 cm³/mol. The van der Waals surface area contributed by atoms with Crippen LogP contribution in [0.3, 0.4) is 0 Å². The molecule has 1 aliphatic rings. The quantitative estimate of drug-likeness (QED) is 0.690. The van der Waals surface area contributed by atoms with Crippen molar-refractivity contribution in [3.8, 4) is 0 Å². The summed E-state index contributed by atoms with van der Waals surface area (Å²) in [6.07, 6.45) is 4.00. The summed E-state index contributed by atoms with van der Waals surface area (Å²) in [6.45, 7) is 4.73. The number of rotatable bonds is 1. The first-order valence-electron chi connectivity index (χ1n) is 6.03. The van der Waals surface area contributed by atoms with Crippen molar-refractivity contribution >= 4 is 5.69 Å². The molecule has 0 saturated heterocycles. The molecule has 1 nitrogen and oxygen atoms in total. The van der Waals surface area contributed by atoms with Crippen LogP contribution in [-0.4, -0.2) is 0 Å². The normalized spacial score (nSPS) is 31.5. The summed E-state index contributed by atoms with van der Waals surface area (Å²) < 4.78 is 0. The molecule has 0 unspecified atom stereocenters. The highest BCUT2D eigenvalue weighted by molar-refractivity contribution is 5.48. The third-order valence-electron chi connectivity index (χ3n) is 3.83. The minimum absolute atomic E-state index is 0.683. The summed E-state index contributed by atoms with van der Waals surface area (Å²) in [5, 5.41) is 0. The fourth-order valence-electron chi connectivity index (χ4n) is 2.98. The maximum Gasteiger partial charge on any atom is 0.0349 e. The molecule has 0 aliphatic heterocycles. The van der Waals surface area contributed by atoms with Crippen LogP contribution in [0.5, 0.6) is 0 Å². The SMILES string of the molecule is C[C@@H]1CC[C@@H](c2ccccc2N)[C@@H](C)C1. The van der Waals surface area contributed by atoms with E-state index in [4.69, 9.17) is 5.73 Å². The molecular weight excluding hydrogens is 182 g/mol. The lowest BCUT2D eigenvalue weighted by molar-refractivity contribution is 0.262. The highest BCUT2D eigenvalue weighted by Crippen LogP contribution is 2.41. The van der Waals surface area contributed by atoms with Crippen LogP contribution < -0.4 is 5.73 Å². The topological polar surface area (TPSA) is 26.0 Å². The zero-order chi connectivity index (χ0) is 10.8. The minimum atomic E-state index is 0.683. The maximum atomic E-state index is 6.05. The summed E-state index contributed by atoms with van der Waals surface area (Å²) in [4.78, 5) is 0. The van der Waals surface area contributed by atoms with Crippen molar-refractivity contribution in [1.82, 2.24) is 0 Å². The number of benzene rings is 1. The lowest BCUT2D eigenvalue weighted by Crippen LogP contribution is -2.20. The van der Waals surface area contributed by atoms with E-state index < -0.39 is 0 Å². The van der Waals surface area contributed by atoms with Gasteiger partial charge in [-0.25, -0.2) is 0 Å². The van der Waals surface area contributed by atoms with E-state index in [0.29, 0.717) is 5.92 Å². The number of nitrogen functional groups attached to an aromatic ring is 1. The van der Waals surface area contributed by atoms with E-state index in [-0.39, 0.29) is 0 Å². The van der Waals surface area contributed by atoms with Gasteiger partial charge < -0.3 is 5.73 Å². The molecule has 0 spiro atoms. The van der Waals surface area contributed by atoms with E-state index in [9.17, 15) is 0 Å². The zero-order valence-corrected chi connectivity index (χ0v) is 9.74. The van der Waals surface area contributed by atoms with Gasteiger partial charge in [0.1, 0.15) is 0 Å². The van der Waals surface area contributed by atoms with Gasteiger partial charge in [0.2, 0.25) is 0 Å². The highest BCUT2D eigenvalue weighted by atomic mass is 14.6. The number of anilines is 1. The van der Waals surface area contributed by atoms with Crippen LogP contribution in [0.25, 0.3) is 0 Å². The van der Waals surface area contributed by atoms with E-state index >= 15 is 0 Å². The first kappa shape index (κ1) is 10.5. The molecule has 0 heterocycles. The molecule has 0 bridgehead atoms. The summed E-state index contributed by atoms with van der Waals surface area (Å²) in [5.74, 6) is 2.35. The van der Waals surface area contributed by atoms with Gasteiger partial charge in [-0.3, -0.25) is 0 Å². The van der Waals surface area contributed by atoms with Crippen LogP contribution in [0, 0.1) is 11.8 Å². The van der Waals surface area contributed by atoms with E-state index in [1.54, 1.807) is 0 Å². The standard InChI is InChI=1S/C14H21N/c1-10-7-8-12(11(2)9-10)13-5-3-4-6-14(13)15/h3-6,10-12H,7-9,15H2,1-2H3/t10-,11+,12-/m1/s1.